The summed E-state index contributed by atoms with van der Waals surface area (Å²) in [4.78, 5) is 0. The number of hydrogen-bond acceptors (Lipinski definition) is 1. The molecule has 2 heteroatoms. The van der Waals surface area contributed by atoms with E-state index in [-0.39, 0.29) is 6.04 Å². The lowest BCUT2D eigenvalue weighted by atomic mass is 9.94. The molecule has 0 saturated carbocycles. The van der Waals surface area contributed by atoms with Gasteiger partial charge >= 0.3 is 0 Å². The Morgan fingerprint density at radius 2 is 1.50 bits per heavy atom. The molecule has 0 saturated heterocycles. The molecule has 3 aromatic rings. The molecule has 1 atom stereocenters. The molecular formula is C18H16BrN. The lowest BCUT2D eigenvalue weighted by molar-refractivity contribution is 0.872. The molecule has 1 unspecified atom stereocenters. The number of benzene rings is 3. The van der Waals surface area contributed by atoms with Crippen LogP contribution in [0, 0.1) is 6.92 Å². The number of rotatable bonds is 2. The highest BCUT2D eigenvalue weighted by atomic mass is 79.9. The molecule has 100 valence electrons. The van der Waals surface area contributed by atoms with Crippen LogP contribution in [0.2, 0.25) is 0 Å². The molecule has 0 heterocycles. The van der Waals surface area contributed by atoms with Crippen molar-refractivity contribution in [3.63, 3.8) is 0 Å². The molecule has 0 aliphatic carbocycles. The van der Waals surface area contributed by atoms with Crippen molar-refractivity contribution >= 4 is 26.7 Å². The molecule has 2 N–H and O–H groups in total. The topological polar surface area (TPSA) is 26.0 Å². The van der Waals surface area contributed by atoms with E-state index in [4.69, 9.17) is 5.73 Å². The third-order valence-corrected chi connectivity index (χ3v) is 4.80. The Labute approximate surface area is 127 Å². The van der Waals surface area contributed by atoms with Gasteiger partial charge in [0.25, 0.3) is 0 Å². The van der Waals surface area contributed by atoms with E-state index in [1.165, 1.54) is 16.3 Å². The maximum absolute atomic E-state index is 6.52. The number of aryl methyl sites for hydroxylation is 1. The van der Waals surface area contributed by atoms with Crippen LogP contribution in [-0.2, 0) is 0 Å². The van der Waals surface area contributed by atoms with Gasteiger partial charge in [-0.05, 0) is 34.4 Å². The monoisotopic (exact) mass is 325 g/mol. The zero-order valence-corrected chi connectivity index (χ0v) is 12.9. The van der Waals surface area contributed by atoms with E-state index < -0.39 is 0 Å². The third-order valence-electron chi connectivity index (χ3n) is 3.72. The minimum absolute atomic E-state index is 0.129. The third kappa shape index (κ3) is 2.26. The van der Waals surface area contributed by atoms with Crippen molar-refractivity contribution in [3.8, 4) is 0 Å². The number of fused-ring (bicyclic) bond motifs is 1. The molecule has 3 rings (SSSR count). The summed E-state index contributed by atoms with van der Waals surface area (Å²) in [6, 6.07) is 20.8. The average molecular weight is 326 g/mol. The first-order valence-corrected chi connectivity index (χ1v) is 7.46. The number of nitrogens with two attached hydrogens (primary N) is 1. The van der Waals surface area contributed by atoms with Gasteiger partial charge in [0, 0.05) is 4.47 Å². The summed E-state index contributed by atoms with van der Waals surface area (Å²) in [7, 11) is 0. The van der Waals surface area contributed by atoms with Crippen molar-refractivity contribution in [1.82, 2.24) is 0 Å². The molecule has 0 spiro atoms. The Morgan fingerprint density at radius 3 is 2.35 bits per heavy atom. The zero-order valence-electron chi connectivity index (χ0n) is 11.3. The first kappa shape index (κ1) is 13.3. The van der Waals surface area contributed by atoms with Crippen LogP contribution < -0.4 is 5.73 Å². The Hall–Kier alpha value is -1.64. The van der Waals surface area contributed by atoms with Crippen molar-refractivity contribution in [3.05, 3.63) is 81.8 Å². The van der Waals surface area contributed by atoms with E-state index in [0.29, 0.717) is 0 Å². The van der Waals surface area contributed by atoms with Crippen molar-refractivity contribution in [2.45, 2.75) is 13.0 Å². The van der Waals surface area contributed by atoms with Gasteiger partial charge in [-0.1, -0.05) is 76.6 Å². The quantitative estimate of drug-likeness (QED) is 0.708. The summed E-state index contributed by atoms with van der Waals surface area (Å²) in [6.45, 7) is 2.09. The van der Waals surface area contributed by atoms with Crippen molar-refractivity contribution in [2.24, 2.45) is 5.73 Å². The van der Waals surface area contributed by atoms with Crippen LogP contribution in [0.5, 0.6) is 0 Å². The smallest absolute Gasteiger partial charge is 0.0569 e. The second kappa shape index (κ2) is 5.39. The van der Waals surface area contributed by atoms with E-state index in [1.54, 1.807) is 0 Å². The van der Waals surface area contributed by atoms with Crippen LogP contribution in [0.25, 0.3) is 10.8 Å². The normalized spacial score (nSPS) is 12.6. The molecule has 0 bridgehead atoms. The molecule has 20 heavy (non-hydrogen) atoms. The maximum Gasteiger partial charge on any atom is 0.0569 e. The van der Waals surface area contributed by atoms with Crippen LogP contribution in [0.15, 0.2) is 65.1 Å². The van der Waals surface area contributed by atoms with E-state index in [0.717, 1.165) is 15.6 Å². The number of halogens is 1. The highest BCUT2D eigenvalue weighted by Crippen LogP contribution is 2.32. The van der Waals surface area contributed by atoms with Gasteiger partial charge in [0.2, 0.25) is 0 Å². The molecule has 0 fully saturated rings. The first-order chi connectivity index (χ1) is 9.68. The molecule has 0 radical (unpaired) electrons. The van der Waals surface area contributed by atoms with E-state index in [1.807, 2.05) is 0 Å². The highest BCUT2D eigenvalue weighted by Gasteiger charge is 2.15. The summed E-state index contributed by atoms with van der Waals surface area (Å²) in [5.41, 5.74) is 10.0. The zero-order chi connectivity index (χ0) is 14.1. The van der Waals surface area contributed by atoms with Gasteiger partial charge in [-0.3, -0.25) is 0 Å². The number of hydrogen-bond donors (Lipinski definition) is 1. The lowest BCUT2D eigenvalue weighted by Gasteiger charge is -2.17. The summed E-state index contributed by atoms with van der Waals surface area (Å²) in [6.07, 6.45) is 0. The van der Waals surface area contributed by atoms with Gasteiger partial charge in [-0.2, -0.15) is 0 Å². The second-order valence-electron chi connectivity index (χ2n) is 5.02. The Kier molecular flexibility index (Phi) is 3.60. The molecule has 0 aliphatic rings. The fraction of sp³-hybridized carbons (Fsp3) is 0.111. The molecule has 0 aromatic heterocycles. The first-order valence-electron chi connectivity index (χ1n) is 6.67. The SMILES string of the molecule is Cc1cccc(C(N)c2cccc3ccccc23)c1Br. The second-order valence-corrected chi connectivity index (χ2v) is 5.82. The minimum atomic E-state index is -0.129. The van der Waals surface area contributed by atoms with Crippen LogP contribution in [0.1, 0.15) is 22.7 Å². The molecule has 0 aliphatic heterocycles. The van der Waals surface area contributed by atoms with Gasteiger partial charge in [-0.15, -0.1) is 0 Å². The lowest BCUT2D eigenvalue weighted by Crippen LogP contribution is -2.13. The molecule has 0 amide bonds. The molecular weight excluding hydrogens is 310 g/mol. The maximum atomic E-state index is 6.52. The standard InChI is InChI=1S/C18H16BrN/c1-12-6-4-11-16(17(12)19)18(20)15-10-5-8-13-7-2-3-9-14(13)15/h2-11,18H,20H2,1H3. The average Bonchev–Trinajstić information content (AvgIpc) is 2.49. The summed E-state index contributed by atoms with van der Waals surface area (Å²) in [5, 5.41) is 2.44. The predicted molar refractivity (Wildman–Crippen MR) is 88.9 cm³/mol. The van der Waals surface area contributed by atoms with Crippen LogP contribution in [0.4, 0.5) is 0 Å². The Balaban J connectivity index is 2.18. The summed E-state index contributed by atoms with van der Waals surface area (Å²) >= 11 is 3.66. The van der Waals surface area contributed by atoms with Crippen LogP contribution in [0.3, 0.4) is 0 Å². The summed E-state index contributed by atoms with van der Waals surface area (Å²) in [5.74, 6) is 0. The van der Waals surface area contributed by atoms with Gasteiger partial charge in [0.1, 0.15) is 0 Å². The molecule has 1 nitrogen and oxygen atoms in total. The fourth-order valence-electron chi connectivity index (χ4n) is 2.60. The van der Waals surface area contributed by atoms with Gasteiger partial charge in [0.15, 0.2) is 0 Å². The van der Waals surface area contributed by atoms with Crippen LogP contribution >= 0.6 is 15.9 Å². The Morgan fingerprint density at radius 1 is 0.850 bits per heavy atom. The van der Waals surface area contributed by atoms with Crippen molar-refractivity contribution < 1.29 is 0 Å². The largest absolute Gasteiger partial charge is 0.320 e. The fourth-order valence-corrected chi connectivity index (χ4v) is 3.11. The van der Waals surface area contributed by atoms with Crippen LogP contribution in [-0.4, -0.2) is 0 Å². The van der Waals surface area contributed by atoms with Gasteiger partial charge in [-0.25, -0.2) is 0 Å². The Bertz CT molecular complexity index is 759. The van der Waals surface area contributed by atoms with Crippen molar-refractivity contribution in [2.75, 3.05) is 0 Å². The van der Waals surface area contributed by atoms with E-state index >= 15 is 0 Å². The summed E-state index contributed by atoms with van der Waals surface area (Å²) < 4.78 is 1.10. The van der Waals surface area contributed by atoms with E-state index in [2.05, 4.69) is 83.5 Å². The molecule has 3 aromatic carbocycles. The van der Waals surface area contributed by atoms with Gasteiger partial charge in [0.05, 0.1) is 6.04 Å². The highest BCUT2D eigenvalue weighted by molar-refractivity contribution is 9.10. The predicted octanol–water partition coefficient (Wildman–Crippen LogP) is 4.96. The van der Waals surface area contributed by atoms with E-state index in [9.17, 15) is 0 Å². The minimum Gasteiger partial charge on any atom is -0.320 e. The van der Waals surface area contributed by atoms with Gasteiger partial charge < -0.3 is 5.73 Å². The van der Waals surface area contributed by atoms with Crippen molar-refractivity contribution in [1.29, 1.82) is 0 Å².